The van der Waals surface area contributed by atoms with E-state index in [0.717, 1.165) is 34.5 Å². The third kappa shape index (κ3) is 4.23. The van der Waals surface area contributed by atoms with Gasteiger partial charge in [-0.05, 0) is 73.1 Å². The third-order valence-corrected chi connectivity index (χ3v) is 8.55. The molecule has 7 heteroatoms. The van der Waals surface area contributed by atoms with E-state index in [1.165, 1.54) is 17.7 Å². The van der Waals surface area contributed by atoms with Crippen LogP contribution < -0.4 is 5.32 Å². The van der Waals surface area contributed by atoms with Crippen molar-refractivity contribution in [2.75, 3.05) is 0 Å². The fourth-order valence-corrected chi connectivity index (χ4v) is 6.68. The molecule has 1 N–H and O–H groups in total. The van der Waals surface area contributed by atoms with Crippen molar-refractivity contribution in [3.05, 3.63) is 101 Å². The number of aromatic nitrogens is 2. The van der Waals surface area contributed by atoms with Crippen LogP contribution in [0.15, 0.2) is 78.0 Å². The summed E-state index contributed by atoms with van der Waals surface area (Å²) < 4.78 is 57.8. The predicted octanol–water partition coefficient (Wildman–Crippen LogP) is 7.03. The monoisotopic (exact) mass is 507 g/mol. The molecule has 1 saturated carbocycles. The van der Waals surface area contributed by atoms with Crippen molar-refractivity contribution in [3.63, 3.8) is 0 Å². The minimum Gasteiger partial charge on any atom is -0.309 e. The van der Waals surface area contributed by atoms with Gasteiger partial charge in [0, 0.05) is 18.0 Å². The fraction of sp³-hybridized carbons (Fsp3) is 0.367. The summed E-state index contributed by atoms with van der Waals surface area (Å²) in [7, 11) is 0. The summed E-state index contributed by atoms with van der Waals surface area (Å²) in [6, 6.07) is 15.2. The highest BCUT2D eigenvalue weighted by molar-refractivity contribution is 5.63. The maximum atomic E-state index is 14.2. The Balaban J connectivity index is 1.33. The third-order valence-electron chi connectivity index (χ3n) is 8.55. The Kier molecular flexibility index (Phi) is 5.86. The zero-order chi connectivity index (χ0) is 25.8. The molecular weight excluding hydrogens is 478 g/mol. The molecule has 4 atom stereocenters. The summed E-state index contributed by atoms with van der Waals surface area (Å²) >= 11 is 0. The van der Waals surface area contributed by atoms with Crippen LogP contribution in [0.1, 0.15) is 43.0 Å². The number of nitrogens with one attached hydrogen (secondary N) is 1. The van der Waals surface area contributed by atoms with Crippen molar-refractivity contribution in [1.82, 2.24) is 15.1 Å². The molecule has 192 valence electrons. The molecule has 0 amide bonds. The van der Waals surface area contributed by atoms with Gasteiger partial charge in [-0.1, -0.05) is 54.5 Å². The van der Waals surface area contributed by atoms with Crippen LogP contribution in [0.5, 0.6) is 0 Å². The highest BCUT2D eigenvalue weighted by atomic mass is 19.4. The highest BCUT2D eigenvalue weighted by Gasteiger charge is 2.54. The molecule has 1 aromatic heterocycles. The number of rotatable bonds is 4. The molecule has 37 heavy (non-hydrogen) atoms. The summed E-state index contributed by atoms with van der Waals surface area (Å²) in [4.78, 5) is 0. The molecular formula is C30H29F4N3. The van der Waals surface area contributed by atoms with Crippen molar-refractivity contribution < 1.29 is 17.6 Å². The van der Waals surface area contributed by atoms with Gasteiger partial charge in [0.2, 0.25) is 0 Å². The molecule has 1 heterocycles. The molecule has 2 aromatic carbocycles. The molecule has 0 unspecified atom stereocenters. The Bertz CT molecular complexity index is 1350. The van der Waals surface area contributed by atoms with Crippen LogP contribution in [0.3, 0.4) is 0 Å². The Labute approximate surface area is 213 Å². The van der Waals surface area contributed by atoms with Crippen molar-refractivity contribution in [2.45, 2.75) is 51.4 Å². The van der Waals surface area contributed by atoms with Crippen LogP contribution in [0.25, 0.3) is 11.8 Å². The van der Waals surface area contributed by atoms with Gasteiger partial charge in [0.25, 0.3) is 0 Å². The van der Waals surface area contributed by atoms with E-state index in [1.807, 2.05) is 47.3 Å². The fourth-order valence-electron chi connectivity index (χ4n) is 6.68. The maximum Gasteiger partial charge on any atom is 0.393 e. The van der Waals surface area contributed by atoms with E-state index in [4.69, 9.17) is 0 Å². The van der Waals surface area contributed by atoms with Gasteiger partial charge in [-0.3, -0.25) is 0 Å². The van der Waals surface area contributed by atoms with Gasteiger partial charge in [0.15, 0.2) is 0 Å². The standard InChI is InChI=1S/C30H29F4N3/c1-29-16-20-18-36-37(23-10-8-22(31)9-11-23)27(20)15-21(29)7-12-24-25(29)13-14-26(30(32,33)34)28(24)35-17-19-5-3-2-4-6-19/h2-6,8-11,13,15,18,24,26,28,35H,7,12,14,16-17H2,1H3/t24-,26+,28+,29-/m0/s1. The smallest absolute Gasteiger partial charge is 0.309 e. The summed E-state index contributed by atoms with van der Waals surface area (Å²) in [6.07, 6.45) is 3.72. The molecule has 3 aliphatic rings. The summed E-state index contributed by atoms with van der Waals surface area (Å²) in [5, 5.41) is 7.91. The quantitative estimate of drug-likeness (QED) is 0.303. The molecule has 1 fully saturated rings. The first kappa shape index (κ1) is 24.2. The highest BCUT2D eigenvalue weighted by Crippen LogP contribution is 2.57. The zero-order valence-corrected chi connectivity index (χ0v) is 20.6. The van der Waals surface area contributed by atoms with E-state index in [0.29, 0.717) is 19.4 Å². The first-order valence-electron chi connectivity index (χ1n) is 12.8. The Hall–Kier alpha value is -3.19. The number of allylic oxidation sites excluding steroid dienone is 2. The van der Waals surface area contributed by atoms with Crippen LogP contribution in [-0.2, 0) is 13.0 Å². The van der Waals surface area contributed by atoms with Gasteiger partial charge in [-0.15, -0.1) is 0 Å². The maximum absolute atomic E-state index is 14.2. The van der Waals surface area contributed by atoms with E-state index in [1.54, 1.807) is 12.1 Å². The van der Waals surface area contributed by atoms with Crippen molar-refractivity contribution in [2.24, 2.45) is 17.3 Å². The van der Waals surface area contributed by atoms with Crippen LogP contribution in [-0.4, -0.2) is 22.0 Å². The molecule has 3 nitrogen and oxygen atoms in total. The van der Waals surface area contributed by atoms with Gasteiger partial charge in [-0.2, -0.15) is 18.3 Å². The Morgan fingerprint density at radius 1 is 1.08 bits per heavy atom. The first-order valence-corrected chi connectivity index (χ1v) is 12.8. The second-order valence-electron chi connectivity index (χ2n) is 10.7. The van der Waals surface area contributed by atoms with Gasteiger partial charge in [0.1, 0.15) is 5.82 Å². The minimum absolute atomic E-state index is 0.00758. The number of fused-ring (bicyclic) bond motifs is 4. The Morgan fingerprint density at radius 3 is 2.57 bits per heavy atom. The molecule has 0 saturated heterocycles. The topological polar surface area (TPSA) is 29.9 Å². The molecule has 3 aromatic rings. The lowest BCUT2D eigenvalue weighted by Crippen LogP contribution is -2.53. The lowest BCUT2D eigenvalue weighted by Gasteiger charge is -2.51. The van der Waals surface area contributed by atoms with Gasteiger partial charge >= 0.3 is 6.18 Å². The van der Waals surface area contributed by atoms with E-state index in [9.17, 15) is 17.6 Å². The van der Waals surface area contributed by atoms with Crippen LogP contribution in [0, 0.1) is 23.1 Å². The van der Waals surface area contributed by atoms with Crippen LogP contribution in [0.2, 0.25) is 0 Å². The summed E-state index contributed by atoms with van der Waals surface area (Å²) in [5.41, 5.74) is 5.82. The molecule has 0 spiro atoms. The molecule has 6 rings (SSSR count). The molecule has 0 radical (unpaired) electrons. The second kappa shape index (κ2) is 8.98. The number of hydrogen-bond acceptors (Lipinski definition) is 2. The van der Waals surface area contributed by atoms with Crippen molar-refractivity contribution >= 4 is 6.08 Å². The van der Waals surface area contributed by atoms with Crippen LogP contribution in [0.4, 0.5) is 17.6 Å². The number of hydrogen-bond donors (Lipinski definition) is 1. The molecule has 3 aliphatic carbocycles. The normalized spacial score (nSPS) is 27.0. The van der Waals surface area contributed by atoms with E-state index in [2.05, 4.69) is 23.4 Å². The largest absolute Gasteiger partial charge is 0.393 e. The second-order valence-corrected chi connectivity index (χ2v) is 10.7. The van der Waals surface area contributed by atoms with Crippen molar-refractivity contribution in [3.8, 4) is 5.69 Å². The zero-order valence-electron chi connectivity index (χ0n) is 20.6. The van der Waals surface area contributed by atoms with E-state index >= 15 is 0 Å². The number of halogens is 4. The SMILES string of the molecule is C[C@]12Cc3cnn(-c4ccc(F)cc4)c3C=C1CC[C@H]1C2=CC[C@@H](C(F)(F)F)[C@@H]1NCc1ccccc1. The first-order chi connectivity index (χ1) is 17.7. The predicted molar refractivity (Wildman–Crippen MR) is 135 cm³/mol. The van der Waals surface area contributed by atoms with Gasteiger partial charge in [0.05, 0.1) is 23.5 Å². The number of alkyl halides is 3. The van der Waals surface area contributed by atoms with Crippen molar-refractivity contribution in [1.29, 1.82) is 0 Å². The summed E-state index contributed by atoms with van der Waals surface area (Å²) in [5.74, 6) is -1.88. The average molecular weight is 508 g/mol. The lowest BCUT2D eigenvalue weighted by molar-refractivity contribution is -0.187. The summed E-state index contributed by atoms with van der Waals surface area (Å²) in [6.45, 7) is 2.59. The van der Waals surface area contributed by atoms with Gasteiger partial charge in [-0.25, -0.2) is 9.07 Å². The van der Waals surface area contributed by atoms with E-state index in [-0.39, 0.29) is 23.6 Å². The lowest BCUT2D eigenvalue weighted by atomic mass is 9.55. The number of benzene rings is 2. The van der Waals surface area contributed by atoms with E-state index < -0.39 is 18.1 Å². The van der Waals surface area contributed by atoms with Gasteiger partial charge < -0.3 is 5.32 Å². The molecule has 0 aliphatic heterocycles. The minimum atomic E-state index is -4.26. The average Bonchev–Trinajstić information content (AvgIpc) is 3.28. The van der Waals surface area contributed by atoms with Crippen LogP contribution >= 0.6 is 0 Å². The molecule has 0 bridgehead atoms. The number of nitrogens with zero attached hydrogens (tertiary/aromatic N) is 2. The Morgan fingerprint density at radius 2 is 1.84 bits per heavy atom.